The number of oxazole rings is 1. The molecule has 1 aromatic carbocycles. The van der Waals surface area contributed by atoms with E-state index in [2.05, 4.69) is 4.98 Å². The molecule has 0 fully saturated rings. The lowest BCUT2D eigenvalue weighted by Gasteiger charge is -2.12. The number of nitrogens with two attached hydrogens (primary N) is 1. The molecule has 2 aromatic rings. The standard InChI is InChI=1S/C11H13F2N3O/c1-16(5-9(12)13)6-10-15-11-7(14)3-2-4-8(11)17-10/h2-4,9H,5-6,14H2,1H3. The highest BCUT2D eigenvalue weighted by Gasteiger charge is 2.13. The maximum Gasteiger partial charge on any atom is 0.251 e. The van der Waals surface area contributed by atoms with Crippen LogP contribution in [0.25, 0.3) is 11.1 Å². The van der Waals surface area contributed by atoms with Crippen molar-refractivity contribution in [1.82, 2.24) is 9.88 Å². The first-order chi connectivity index (χ1) is 8.06. The van der Waals surface area contributed by atoms with Crippen LogP contribution in [0, 0.1) is 0 Å². The Morgan fingerprint density at radius 1 is 1.47 bits per heavy atom. The lowest BCUT2D eigenvalue weighted by atomic mass is 10.3. The average Bonchev–Trinajstić information content (AvgIpc) is 2.60. The van der Waals surface area contributed by atoms with E-state index in [4.69, 9.17) is 10.2 Å². The lowest BCUT2D eigenvalue weighted by Crippen LogP contribution is -2.24. The van der Waals surface area contributed by atoms with Crippen molar-refractivity contribution in [2.24, 2.45) is 0 Å². The Morgan fingerprint density at radius 3 is 2.88 bits per heavy atom. The second-order valence-corrected chi connectivity index (χ2v) is 3.89. The Hall–Kier alpha value is -1.69. The van der Waals surface area contributed by atoms with Crippen LogP contribution in [0.5, 0.6) is 0 Å². The summed E-state index contributed by atoms with van der Waals surface area (Å²) in [5, 5.41) is 0. The first-order valence-electron chi connectivity index (χ1n) is 5.17. The minimum atomic E-state index is -2.37. The zero-order chi connectivity index (χ0) is 12.4. The molecule has 0 aliphatic heterocycles. The van der Waals surface area contributed by atoms with Crippen LogP contribution in [0.3, 0.4) is 0 Å². The molecule has 0 aliphatic carbocycles. The van der Waals surface area contributed by atoms with Crippen molar-refractivity contribution in [2.45, 2.75) is 13.0 Å². The van der Waals surface area contributed by atoms with Crippen LogP contribution >= 0.6 is 0 Å². The Morgan fingerprint density at radius 2 is 2.24 bits per heavy atom. The number of nitrogen functional groups attached to an aromatic ring is 1. The van der Waals surface area contributed by atoms with Crippen molar-refractivity contribution in [2.75, 3.05) is 19.3 Å². The highest BCUT2D eigenvalue weighted by atomic mass is 19.3. The lowest BCUT2D eigenvalue weighted by molar-refractivity contribution is 0.0941. The van der Waals surface area contributed by atoms with Gasteiger partial charge >= 0.3 is 0 Å². The van der Waals surface area contributed by atoms with E-state index in [0.29, 0.717) is 22.7 Å². The Labute approximate surface area is 97.0 Å². The average molecular weight is 241 g/mol. The Balaban J connectivity index is 2.17. The maximum absolute atomic E-state index is 12.1. The highest BCUT2D eigenvalue weighted by Crippen LogP contribution is 2.21. The zero-order valence-corrected chi connectivity index (χ0v) is 9.36. The number of hydrogen-bond acceptors (Lipinski definition) is 4. The molecule has 92 valence electrons. The van der Waals surface area contributed by atoms with E-state index in [-0.39, 0.29) is 13.1 Å². The molecule has 6 heteroatoms. The van der Waals surface area contributed by atoms with Crippen LogP contribution in [-0.4, -0.2) is 29.9 Å². The summed E-state index contributed by atoms with van der Waals surface area (Å²) < 4.78 is 29.7. The molecule has 0 amide bonds. The first kappa shape index (κ1) is 11.8. The number of aromatic nitrogens is 1. The summed E-state index contributed by atoms with van der Waals surface area (Å²) in [5.41, 5.74) is 7.40. The van der Waals surface area contributed by atoms with Gasteiger partial charge in [-0.25, -0.2) is 13.8 Å². The fourth-order valence-electron chi connectivity index (χ4n) is 1.61. The highest BCUT2D eigenvalue weighted by molar-refractivity contribution is 5.85. The smallest absolute Gasteiger partial charge is 0.251 e. The molecule has 0 atom stereocenters. The van der Waals surface area contributed by atoms with E-state index in [1.54, 1.807) is 25.2 Å². The zero-order valence-electron chi connectivity index (χ0n) is 9.36. The molecular formula is C11H13F2N3O. The molecule has 1 heterocycles. The third kappa shape index (κ3) is 2.71. The summed E-state index contributed by atoms with van der Waals surface area (Å²) >= 11 is 0. The number of para-hydroxylation sites is 1. The summed E-state index contributed by atoms with van der Waals surface area (Å²) in [4.78, 5) is 5.63. The van der Waals surface area contributed by atoms with Gasteiger partial charge in [-0.3, -0.25) is 4.90 Å². The topological polar surface area (TPSA) is 55.3 Å². The van der Waals surface area contributed by atoms with Gasteiger partial charge in [0.1, 0.15) is 5.52 Å². The molecule has 0 saturated heterocycles. The van der Waals surface area contributed by atoms with Crippen LogP contribution in [0.1, 0.15) is 5.89 Å². The number of rotatable bonds is 4. The quantitative estimate of drug-likeness (QED) is 0.833. The second-order valence-electron chi connectivity index (χ2n) is 3.89. The fraction of sp³-hybridized carbons (Fsp3) is 0.364. The minimum Gasteiger partial charge on any atom is -0.439 e. The predicted molar refractivity (Wildman–Crippen MR) is 60.8 cm³/mol. The summed E-state index contributed by atoms with van der Waals surface area (Å²) in [6.07, 6.45) is -2.37. The number of benzene rings is 1. The van der Waals surface area contributed by atoms with Crippen LogP contribution < -0.4 is 5.73 Å². The van der Waals surface area contributed by atoms with Gasteiger partial charge in [-0.2, -0.15) is 0 Å². The van der Waals surface area contributed by atoms with E-state index in [1.807, 2.05) is 0 Å². The number of hydrogen-bond donors (Lipinski definition) is 1. The van der Waals surface area contributed by atoms with Crippen LogP contribution in [0.2, 0.25) is 0 Å². The van der Waals surface area contributed by atoms with Gasteiger partial charge in [0.2, 0.25) is 5.89 Å². The van der Waals surface area contributed by atoms with Crippen molar-refractivity contribution in [3.8, 4) is 0 Å². The molecular weight excluding hydrogens is 228 g/mol. The normalized spacial score (nSPS) is 11.8. The third-order valence-corrected chi connectivity index (χ3v) is 2.35. The van der Waals surface area contributed by atoms with Crippen LogP contribution in [-0.2, 0) is 6.54 Å². The summed E-state index contributed by atoms with van der Waals surface area (Å²) in [6.45, 7) is -0.0767. The van der Waals surface area contributed by atoms with Crippen molar-refractivity contribution in [1.29, 1.82) is 0 Å². The second kappa shape index (κ2) is 4.67. The SMILES string of the molecule is CN(Cc1nc2c(N)cccc2o1)CC(F)F. The molecule has 17 heavy (non-hydrogen) atoms. The molecule has 0 spiro atoms. The van der Waals surface area contributed by atoms with E-state index in [0.717, 1.165) is 0 Å². The van der Waals surface area contributed by atoms with Crippen molar-refractivity contribution in [3.05, 3.63) is 24.1 Å². The van der Waals surface area contributed by atoms with Gasteiger partial charge in [0.25, 0.3) is 6.43 Å². The first-order valence-corrected chi connectivity index (χ1v) is 5.17. The van der Waals surface area contributed by atoms with Crippen molar-refractivity contribution < 1.29 is 13.2 Å². The number of fused-ring (bicyclic) bond motifs is 1. The fourth-order valence-corrected chi connectivity index (χ4v) is 1.61. The molecule has 0 radical (unpaired) electrons. The molecule has 0 unspecified atom stereocenters. The van der Waals surface area contributed by atoms with E-state index in [9.17, 15) is 8.78 Å². The monoisotopic (exact) mass is 241 g/mol. The van der Waals surface area contributed by atoms with Crippen molar-refractivity contribution in [3.63, 3.8) is 0 Å². The van der Waals surface area contributed by atoms with Gasteiger partial charge < -0.3 is 10.2 Å². The number of halogens is 2. The maximum atomic E-state index is 12.1. The van der Waals surface area contributed by atoms with Gasteiger partial charge in [-0.15, -0.1) is 0 Å². The Bertz CT molecular complexity index is 512. The summed E-state index contributed by atoms with van der Waals surface area (Å²) in [6, 6.07) is 5.22. The van der Waals surface area contributed by atoms with Gasteiger partial charge in [0.15, 0.2) is 5.58 Å². The number of nitrogens with zero attached hydrogens (tertiary/aromatic N) is 2. The Kier molecular flexibility index (Phi) is 3.23. The summed E-state index contributed by atoms with van der Waals surface area (Å²) in [7, 11) is 1.59. The van der Waals surface area contributed by atoms with E-state index in [1.165, 1.54) is 4.90 Å². The molecule has 0 saturated carbocycles. The molecule has 1 aromatic heterocycles. The van der Waals surface area contributed by atoms with E-state index >= 15 is 0 Å². The molecule has 4 nitrogen and oxygen atoms in total. The van der Waals surface area contributed by atoms with Crippen LogP contribution in [0.4, 0.5) is 14.5 Å². The van der Waals surface area contributed by atoms with Gasteiger partial charge in [-0.05, 0) is 19.2 Å². The molecule has 2 N–H and O–H groups in total. The van der Waals surface area contributed by atoms with Crippen LogP contribution in [0.15, 0.2) is 22.6 Å². The summed E-state index contributed by atoms with van der Waals surface area (Å²) in [5.74, 6) is 0.390. The predicted octanol–water partition coefficient (Wildman–Crippen LogP) is 2.11. The third-order valence-electron chi connectivity index (χ3n) is 2.35. The van der Waals surface area contributed by atoms with Crippen molar-refractivity contribution >= 4 is 16.8 Å². The van der Waals surface area contributed by atoms with Gasteiger partial charge in [0.05, 0.1) is 18.8 Å². The molecule has 0 aliphatic rings. The molecule has 2 rings (SSSR count). The van der Waals surface area contributed by atoms with Gasteiger partial charge in [0, 0.05) is 0 Å². The molecule has 0 bridgehead atoms. The van der Waals surface area contributed by atoms with Gasteiger partial charge in [-0.1, -0.05) is 6.07 Å². The number of alkyl halides is 2. The van der Waals surface area contributed by atoms with E-state index < -0.39 is 6.43 Å². The largest absolute Gasteiger partial charge is 0.439 e. The number of anilines is 1. The minimum absolute atomic E-state index is 0.235.